The molecule has 2 aromatic rings. The summed E-state index contributed by atoms with van der Waals surface area (Å²) >= 11 is 0. The van der Waals surface area contributed by atoms with Crippen LogP contribution in [-0.2, 0) is 9.53 Å². The van der Waals surface area contributed by atoms with Crippen molar-refractivity contribution in [1.82, 2.24) is 5.32 Å². The van der Waals surface area contributed by atoms with Crippen molar-refractivity contribution >= 4 is 5.97 Å². The average Bonchev–Trinajstić information content (AvgIpc) is 2.60. The molecule has 0 spiro atoms. The third kappa shape index (κ3) is 5.87. The number of carbonyl (C=O) groups excluding carboxylic acids is 1. The minimum Gasteiger partial charge on any atom is -0.466 e. The van der Waals surface area contributed by atoms with Crippen LogP contribution in [0.3, 0.4) is 0 Å². The summed E-state index contributed by atoms with van der Waals surface area (Å²) in [7, 11) is 0. The molecule has 0 fully saturated rings. The molecule has 3 heteroatoms. The molecular weight excluding hydrogens is 286 g/mol. The number of rotatable bonds is 9. The van der Waals surface area contributed by atoms with Crippen LogP contribution >= 0.6 is 0 Å². The molecule has 0 aliphatic heterocycles. The first-order chi connectivity index (χ1) is 11.3. The Hall–Kier alpha value is -2.13. The van der Waals surface area contributed by atoms with Gasteiger partial charge in [0.1, 0.15) is 0 Å². The van der Waals surface area contributed by atoms with Crippen molar-refractivity contribution in [1.29, 1.82) is 0 Å². The van der Waals surface area contributed by atoms with Gasteiger partial charge in [0.2, 0.25) is 0 Å². The lowest BCUT2D eigenvalue weighted by atomic mass is 9.88. The lowest BCUT2D eigenvalue weighted by Gasteiger charge is -2.18. The van der Waals surface area contributed by atoms with Crippen molar-refractivity contribution in [2.24, 2.45) is 0 Å². The Morgan fingerprint density at radius 2 is 1.52 bits per heavy atom. The van der Waals surface area contributed by atoms with Crippen molar-refractivity contribution in [3.8, 4) is 0 Å². The Labute approximate surface area is 138 Å². The molecule has 0 bridgehead atoms. The SMILES string of the molecule is CCOC(=O)CCNCCC(c1ccccc1)c1ccccc1. The van der Waals surface area contributed by atoms with E-state index in [1.54, 1.807) is 0 Å². The van der Waals surface area contributed by atoms with Gasteiger partial charge in [-0.3, -0.25) is 4.79 Å². The van der Waals surface area contributed by atoms with E-state index >= 15 is 0 Å². The topological polar surface area (TPSA) is 38.3 Å². The van der Waals surface area contributed by atoms with Gasteiger partial charge in [-0.25, -0.2) is 0 Å². The first-order valence-corrected chi connectivity index (χ1v) is 8.27. The second-order valence-electron chi connectivity index (χ2n) is 5.47. The van der Waals surface area contributed by atoms with Gasteiger partial charge in [0.15, 0.2) is 0 Å². The van der Waals surface area contributed by atoms with Crippen LogP contribution in [0.2, 0.25) is 0 Å². The summed E-state index contributed by atoms with van der Waals surface area (Å²) in [5.74, 6) is 0.232. The highest BCUT2D eigenvalue weighted by atomic mass is 16.5. The van der Waals surface area contributed by atoms with Crippen molar-refractivity contribution in [3.63, 3.8) is 0 Å². The number of carbonyl (C=O) groups is 1. The zero-order chi connectivity index (χ0) is 16.3. The largest absolute Gasteiger partial charge is 0.466 e. The Balaban J connectivity index is 1.88. The summed E-state index contributed by atoms with van der Waals surface area (Å²) in [5.41, 5.74) is 2.65. The molecule has 2 rings (SSSR count). The van der Waals surface area contributed by atoms with E-state index in [1.807, 2.05) is 19.1 Å². The predicted molar refractivity (Wildman–Crippen MR) is 93.5 cm³/mol. The molecule has 0 amide bonds. The van der Waals surface area contributed by atoms with Crippen molar-refractivity contribution in [2.45, 2.75) is 25.7 Å². The van der Waals surface area contributed by atoms with E-state index in [2.05, 4.69) is 53.8 Å². The van der Waals surface area contributed by atoms with Crippen molar-refractivity contribution < 1.29 is 9.53 Å². The minimum atomic E-state index is -0.136. The van der Waals surface area contributed by atoms with Gasteiger partial charge in [-0.05, 0) is 31.0 Å². The molecule has 3 nitrogen and oxygen atoms in total. The molecule has 1 N–H and O–H groups in total. The van der Waals surface area contributed by atoms with Crippen LogP contribution in [-0.4, -0.2) is 25.7 Å². The highest BCUT2D eigenvalue weighted by Gasteiger charge is 2.13. The standard InChI is InChI=1S/C20H25NO2/c1-2-23-20(22)14-16-21-15-13-19(17-9-5-3-6-10-17)18-11-7-4-8-12-18/h3-12,19,21H,2,13-16H2,1H3. The molecule has 23 heavy (non-hydrogen) atoms. The molecule has 122 valence electrons. The van der Waals surface area contributed by atoms with Gasteiger partial charge < -0.3 is 10.1 Å². The normalized spacial score (nSPS) is 10.7. The molecule has 0 aliphatic carbocycles. The first-order valence-electron chi connectivity index (χ1n) is 8.27. The average molecular weight is 311 g/mol. The number of nitrogens with one attached hydrogen (secondary N) is 1. The lowest BCUT2D eigenvalue weighted by molar-refractivity contribution is -0.142. The summed E-state index contributed by atoms with van der Waals surface area (Å²) in [6.07, 6.45) is 1.42. The third-order valence-electron chi connectivity index (χ3n) is 3.82. The maximum Gasteiger partial charge on any atom is 0.307 e. The second-order valence-corrected chi connectivity index (χ2v) is 5.47. The van der Waals surface area contributed by atoms with Crippen molar-refractivity contribution in [3.05, 3.63) is 71.8 Å². The van der Waals surface area contributed by atoms with Gasteiger partial charge in [-0.1, -0.05) is 60.7 Å². The lowest BCUT2D eigenvalue weighted by Crippen LogP contribution is -2.22. The summed E-state index contributed by atoms with van der Waals surface area (Å²) in [4.78, 5) is 11.3. The molecule has 0 unspecified atom stereocenters. The number of benzene rings is 2. The fourth-order valence-electron chi connectivity index (χ4n) is 2.69. The molecule has 0 aliphatic rings. The zero-order valence-electron chi connectivity index (χ0n) is 13.7. The van der Waals surface area contributed by atoms with Crippen LogP contribution in [0.1, 0.15) is 36.8 Å². The quantitative estimate of drug-likeness (QED) is 0.566. The highest BCUT2D eigenvalue weighted by molar-refractivity contribution is 5.69. The molecule has 2 aromatic carbocycles. The molecule has 0 radical (unpaired) electrons. The maximum atomic E-state index is 11.3. The number of hydrogen-bond acceptors (Lipinski definition) is 3. The fraction of sp³-hybridized carbons (Fsp3) is 0.350. The first kappa shape index (κ1) is 17.2. The van der Waals surface area contributed by atoms with Crippen LogP contribution in [0.4, 0.5) is 0 Å². The Kier molecular flexibility index (Phi) is 7.34. The van der Waals surface area contributed by atoms with E-state index in [-0.39, 0.29) is 5.97 Å². The monoisotopic (exact) mass is 311 g/mol. The van der Waals surface area contributed by atoms with E-state index in [9.17, 15) is 4.79 Å². The van der Waals surface area contributed by atoms with Gasteiger partial charge in [0.05, 0.1) is 13.0 Å². The highest BCUT2D eigenvalue weighted by Crippen LogP contribution is 2.27. The second kappa shape index (κ2) is 9.80. The van der Waals surface area contributed by atoms with E-state index in [4.69, 9.17) is 4.74 Å². The Morgan fingerprint density at radius 3 is 2.04 bits per heavy atom. The summed E-state index contributed by atoms with van der Waals surface area (Å²) in [6, 6.07) is 21.1. The molecular formula is C20H25NO2. The molecule has 0 heterocycles. The fourth-order valence-corrected chi connectivity index (χ4v) is 2.69. The van der Waals surface area contributed by atoms with Crippen LogP contribution in [0.15, 0.2) is 60.7 Å². The van der Waals surface area contributed by atoms with E-state index in [0.717, 1.165) is 13.0 Å². The van der Waals surface area contributed by atoms with Crippen LogP contribution in [0.5, 0.6) is 0 Å². The number of hydrogen-bond donors (Lipinski definition) is 1. The van der Waals surface area contributed by atoms with Gasteiger partial charge in [0.25, 0.3) is 0 Å². The molecule has 0 saturated heterocycles. The van der Waals surface area contributed by atoms with Crippen LogP contribution in [0, 0.1) is 0 Å². The minimum absolute atomic E-state index is 0.136. The van der Waals surface area contributed by atoms with Gasteiger partial charge in [-0.2, -0.15) is 0 Å². The molecule has 0 atom stereocenters. The maximum absolute atomic E-state index is 11.3. The van der Waals surface area contributed by atoms with Crippen LogP contribution < -0.4 is 5.32 Å². The zero-order valence-corrected chi connectivity index (χ0v) is 13.7. The molecule has 0 aromatic heterocycles. The van der Waals surface area contributed by atoms with E-state index in [0.29, 0.717) is 25.5 Å². The van der Waals surface area contributed by atoms with E-state index < -0.39 is 0 Å². The molecule has 0 saturated carbocycles. The number of ether oxygens (including phenoxy) is 1. The predicted octanol–water partition coefficient (Wildman–Crippen LogP) is 3.75. The number of esters is 1. The van der Waals surface area contributed by atoms with Gasteiger partial charge >= 0.3 is 5.97 Å². The van der Waals surface area contributed by atoms with E-state index in [1.165, 1.54) is 11.1 Å². The van der Waals surface area contributed by atoms with Crippen molar-refractivity contribution in [2.75, 3.05) is 19.7 Å². The summed E-state index contributed by atoms with van der Waals surface area (Å²) in [5, 5.41) is 3.34. The Morgan fingerprint density at radius 1 is 0.957 bits per heavy atom. The Bertz CT molecular complexity index is 529. The summed E-state index contributed by atoms with van der Waals surface area (Å²) in [6.45, 7) is 3.81. The third-order valence-corrected chi connectivity index (χ3v) is 3.82. The van der Waals surface area contributed by atoms with Gasteiger partial charge in [0, 0.05) is 12.5 Å². The van der Waals surface area contributed by atoms with Gasteiger partial charge in [-0.15, -0.1) is 0 Å². The smallest absolute Gasteiger partial charge is 0.307 e. The summed E-state index contributed by atoms with van der Waals surface area (Å²) < 4.78 is 4.93. The van der Waals surface area contributed by atoms with Crippen LogP contribution in [0.25, 0.3) is 0 Å².